The number of tetrazole rings is 1. The van der Waals surface area contributed by atoms with Crippen molar-refractivity contribution in [3.63, 3.8) is 0 Å². The SMILES string of the molecule is Cn1nnc(C(Cl)([N+](=O)[O-])[N+](=O)[O-])n1. The summed E-state index contributed by atoms with van der Waals surface area (Å²) < 4.78 is 0. The molecule has 0 N–H and O–H groups in total. The maximum absolute atomic E-state index is 10.4. The van der Waals surface area contributed by atoms with Crippen molar-refractivity contribution in [1.29, 1.82) is 0 Å². The second kappa shape index (κ2) is 3.14. The molecule has 0 atom stereocenters. The van der Waals surface area contributed by atoms with E-state index in [0.29, 0.717) is 0 Å². The first-order valence-electron chi connectivity index (χ1n) is 3.11. The van der Waals surface area contributed by atoms with Gasteiger partial charge in [-0.3, -0.25) is 20.2 Å². The van der Waals surface area contributed by atoms with Crippen LogP contribution in [-0.2, 0) is 12.2 Å². The molecule has 0 saturated carbocycles. The number of alkyl halides is 1. The zero-order chi connectivity index (χ0) is 10.9. The lowest BCUT2D eigenvalue weighted by Gasteiger charge is -2.03. The van der Waals surface area contributed by atoms with E-state index in [1.165, 1.54) is 7.05 Å². The van der Waals surface area contributed by atoms with Crippen LogP contribution in [0, 0.1) is 20.2 Å². The molecule has 1 aromatic heterocycles. The second-order valence-electron chi connectivity index (χ2n) is 2.20. The largest absolute Gasteiger partial charge is 0.601 e. The van der Waals surface area contributed by atoms with Gasteiger partial charge in [0.1, 0.15) is 9.85 Å². The Hall–Kier alpha value is -1.84. The van der Waals surface area contributed by atoms with Gasteiger partial charge < -0.3 is 0 Å². The summed E-state index contributed by atoms with van der Waals surface area (Å²) in [5.41, 5.74) is 0. The summed E-state index contributed by atoms with van der Waals surface area (Å²) >= 11 is 5.17. The van der Waals surface area contributed by atoms with Gasteiger partial charge >= 0.3 is 10.9 Å². The number of nitrogens with zero attached hydrogens (tertiary/aromatic N) is 6. The molecule has 10 nitrogen and oxygen atoms in total. The highest BCUT2D eigenvalue weighted by atomic mass is 35.5. The molecule has 0 spiro atoms. The first-order chi connectivity index (χ1) is 6.39. The van der Waals surface area contributed by atoms with Crippen molar-refractivity contribution in [2.24, 2.45) is 7.05 Å². The molecule has 0 amide bonds. The van der Waals surface area contributed by atoms with E-state index in [4.69, 9.17) is 11.6 Å². The highest BCUT2D eigenvalue weighted by molar-refractivity contribution is 6.21. The van der Waals surface area contributed by atoms with Gasteiger partial charge in [-0.2, -0.15) is 4.80 Å². The fourth-order valence-electron chi connectivity index (χ4n) is 0.641. The number of nitro groups is 2. The Labute approximate surface area is 80.8 Å². The summed E-state index contributed by atoms with van der Waals surface area (Å²) in [7, 11) is 1.30. The van der Waals surface area contributed by atoms with E-state index in [1.807, 2.05) is 0 Å². The van der Waals surface area contributed by atoms with E-state index >= 15 is 0 Å². The molecule has 14 heavy (non-hydrogen) atoms. The van der Waals surface area contributed by atoms with Gasteiger partial charge in [-0.1, -0.05) is 5.10 Å². The van der Waals surface area contributed by atoms with Crippen LogP contribution in [0.1, 0.15) is 5.82 Å². The zero-order valence-corrected chi connectivity index (χ0v) is 7.45. The van der Waals surface area contributed by atoms with Crippen LogP contribution in [-0.4, -0.2) is 30.1 Å². The minimum absolute atomic E-state index is 0.781. The molecule has 0 saturated heterocycles. The molecule has 0 unspecified atom stereocenters. The summed E-state index contributed by atoms with van der Waals surface area (Å²) in [5, 5.41) is 27.3. The molecule has 1 heterocycles. The van der Waals surface area contributed by atoms with Gasteiger partial charge in [0.25, 0.3) is 0 Å². The fourth-order valence-corrected chi connectivity index (χ4v) is 0.717. The van der Waals surface area contributed by atoms with E-state index in [0.717, 1.165) is 4.80 Å². The van der Waals surface area contributed by atoms with Crippen molar-refractivity contribution in [1.82, 2.24) is 20.2 Å². The Morgan fingerprint density at radius 3 is 2.21 bits per heavy atom. The lowest BCUT2D eigenvalue weighted by molar-refractivity contribution is -0.780. The topological polar surface area (TPSA) is 130 Å². The first kappa shape index (κ1) is 10.2. The number of aryl methyl sites for hydroxylation is 1. The predicted molar refractivity (Wildman–Crippen MR) is 40.3 cm³/mol. The first-order valence-corrected chi connectivity index (χ1v) is 3.49. The Balaban J connectivity index is 3.26. The van der Waals surface area contributed by atoms with E-state index < -0.39 is 20.8 Å². The second-order valence-corrected chi connectivity index (χ2v) is 2.73. The number of halogens is 1. The van der Waals surface area contributed by atoms with Crippen molar-refractivity contribution in [3.8, 4) is 0 Å². The molecule has 0 aliphatic carbocycles. The number of aromatic nitrogens is 4. The molecule has 1 aromatic rings. The minimum Gasteiger partial charge on any atom is -0.257 e. The summed E-state index contributed by atoms with van der Waals surface area (Å²) in [5.74, 6) is -0.781. The van der Waals surface area contributed by atoms with Crippen molar-refractivity contribution in [3.05, 3.63) is 26.1 Å². The van der Waals surface area contributed by atoms with Crippen LogP contribution >= 0.6 is 11.6 Å². The summed E-state index contributed by atoms with van der Waals surface area (Å²) in [6, 6.07) is 0. The molecule has 0 bridgehead atoms. The van der Waals surface area contributed by atoms with Gasteiger partial charge in [0.05, 0.1) is 18.6 Å². The van der Waals surface area contributed by atoms with E-state index in [1.54, 1.807) is 0 Å². The monoisotopic (exact) mass is 222 g/mol. The van der Waals surface area contributed by atoms with Crippen LogP contribution in [0.5, 0.6) is 0 Å². The van der Waals surface area contributed by atoms with Crippen molar-refractivity contribution >= 4 is 11.6 Å². The highest BCUT2D eigenvalue weighted by Crippen LogP contribution is 2.26. The average molecular weight is 223 g/mol. The maximum Gasteiger partial charge on any atom is 0.601 e. The molecule has 76 valence electrons. The highest BCUT2D eigenvalue weighted by Gasteiger charge is 2.61. The molecule has 0 aliphatic rings. The minimum atomic E-state index is -3.08. The molecule has 1 rings (SSSR count). The molecule has 0 fully saturated rings. The molecule has 11 heteroatoms. The molecular weight excluding hydrogens is 220 g/mol. The average Bonchev–Trinajstić information content (AvgIpc) is 2.49. The molecule has 0 radical (unpaired) electrons. The summed E-state index contributed by atoms with van der Waals surface area (Å²) in [4.78, 5) is 19.0. The van der Waals surface area contributed by atoms with Gasteiger partial charge in [-0.15, -0.1) is 5.10 Å². The lowest BCUT2D eigenvalue weighted by atomic mass is 10.5. The Kier molecular flexibility index (Phi) is 2.30. The van der Waals surface area contributed by atoms with E-state index in [2.05, 4.69) is 15.4 Å². The molecule has 0 aromatic carbocycles. The maximum atomic E-state index is 10.4. The lowest BCUT2D eigenvalue weighted by Crippen LogP contribution is -2.38. The van der Waals surface area contributed by atoms with E-state index in [9.17, 15) is 20.2 Å². The van der Waals surface area contributed by atoms with Gasteiger partial charge in [-0.05, 0) is 5.21 Å². The quantitative estimate of drug-likeness (QED) is 0.213. The number of rotatable bonds is 3. The summed E-state index contributed by atoms with van der Waals surface area (Å²) in [6.07, 6.45) is 0. The Morgan fingerprint density at radius 1 is 1.43 bits per heavy atom. The normalized spacial score (nSPS) is 11.3. The standard InChI is InChI=1S/C3H3ClN6O4/c1-8-6-2(5-7-8)3(4,9(11)12)10(13)14/h1H3. The van der Waals surface area contributed by atoms with Crippen molar-refractivity contribution < 1.29 is 9.85 Å². The zero-order valence-electron chi connectivity index (χ0n) is 6.69. The predicted octanol–water partition coefficient (Wildman–Crippen LogP) is -0.887. The van der Waals surface area contributed by atoms with Crippen LogP contribution in [0.4, 0.5) is 0 Å². The Morgan fingerprint density at radius 2 is 1.93 bits per heavy atom. The van der Waals surface area contributed by atoms with Crippen LogP contribution in [0.25, 0.3) is 0 Å². The Bertz CT molecular complexity index is 374. The molecule has 0 aliphatic heterocycles. The number of hydrogen-bond acceptors (Lipinski definition) is 7. The van der Waals surface area contributed by atoms with Gasteiger partial charge in [-0.25, -0.2) is 0 Å². The van der Waals surface area contributed by atoms with Crippen molar-refractivity contribution in [2.75, 3.05) is 0 Å². The summed E-state index contributed by atoms with van der Waals surface area (Å²) in [6.45, 7) is 0. The van der Waals surface area contributed by atoms with Crippen LogP contribution in [0.2, 0.25) is 0 Å². The molecular formula is C3H3ClN6O4. The van der Waals surface area contributed by atoms with Crippen LogP contribution in [0.15, 0.2) is 0 Å². The van der Waals surface area contributed by atoms with Gasteiger partial charge in [0.2, 0.25) is 0 Å². The van der Waals surface area contributed by atoms with Crippen molar-refractivity contribution in [2.45, 2.75) is 5.12 Å². The van der Waals surface area contributed by atoms with Gasteiger partial charge in [0.15, 0.2) is 0 Å². The van der Waals surface area contributed by atoms with Crippen LogP contribution in [0.3, 0.4) is 0 Å². The fraction of sp³-hybridized carbons (Fsp3) is 0.667. The third kappa shape index (κ3) is 1.35. The van der Waals surface area contributed by atoms with Gasteiger partial charge in [0, 0.05) is 0 Å². The van der Waals surface area contributed by atoms with Crippen LogP contribution < -0.4 is 0 Å². The third-order valence-electron chi connectivity index (χ3n) is 1.28. The third-order valence-corrected chi connectivity index (χ3v) is 1.72. The van der Waals surface area contributed by atoms with E-state index in [-0.39, 0.29) is 0 Å². The number of hydrogen-bond donors (Lipinski definition) is 0. The smallest absolute Gasteiger partial charge is 0.257 e.